The largest absolute Gasteiger partial charge is 0.493 e. The summed E-state index contributed by atoms with van der Waals surface area (Å²) >= 11 is 2.24. The molecule has 31 heavy (non-hydrogen) atoms. The first kappa shape index (κ1) is 24.2. The van der Waals surface area contributed by atoms with Gasteiger partial charge in [0.15, 0.2) is 15.8 Å². The van der Waals surface area contributed by atoms with E-state index in [4.69, 9.17) is 18.9 Å². The van der Waals surface area contributed by atoms with Crippen LogP contribution in [0.3, 0.4) is 0 Å². The molecule has 168 valence electrons. The second-order valence-corrected chi connectivity index (χ2v) is 7.81. The Morgan fingerprint density at radius 2 is 1.74 bits per heavy atom. The van der Waals surface area contributed by atoms with Crippen molar-refractivity contribution >= 4 is 46.0 Å². The molecule has 0 aliphatic carbocycles. The topological polar surface area (TPSA) is 138 Å². The minimum absolute atomic E-state index is 0.0366. The number of hydrogen-bond donors (Lipinski definition) is 2. The number of anilines is 1. The summed E-state index contributed by atoms with van der Waals surface area (Å²) in [5.74, 6) is -0.209. The van der Waals surface area contributed by atoms with Crippen LogP contribution >= 0.6 is 23.1 Å². The van der Waals surface area contributed by atoms with E-state index in [1.54, 1.807) is 6.92 Å². The van der Waals surface area contributed by atoms with Crippen molar-refractivity contribution < 1.29 is 33.3 Å². The first-order valence-corrected chi connectivity index (χ1v) is 10.7. The molecular formula is C18H22N4O7S2. The summed E-state index contributed by atoms with van der Waals surface area (Å²) in [5, 5.41) is 13.2. The zero-order valence-electron chi connectivity index (χ0n) is 17.3. The van der Waals surface area contributed by atoms with Crippen molar-refractivity contribution in [2.24, 2.45) is 0 Å². The van der Waals surface area contributed by atoms with Crippen LogP contribution in [-0.2, 0) is 14.3 Å². The highest BCUT2D eigenvalue weighted by Crippen LogP contribution is 2.38. The summed E-state index contributed by atoms with van der Waals surface area (Å²) in [6, 6.07) is 3.03. The summed E-state index contributed by atoms with van der Waals surface area (Å²) in [7, 11) is 4.38. The van der Waals surface area contributed by atoms with Crippen LogP contribution in [0.5, 0.6) is 17.2 Å². The van der Waals surface area contributed by atoms with E-state index in [1.807, 2.05) is 0 Å². The minimum atomic E-state index is -0.506. The van der Waals surface area contributed by atoms with Crippen molar-refractivity contribution in [1.82, 2.24) is 15.5 Å². The highest BCUT2D eigenvalue weighted by Gasteiger charge is 2.18. The number of rotatable bonds is 11. The molecule has 0 saturated carbocycles. The van der Waals surface area contributed by atoms with Gasteiger partial charge in [-0.2, -0.15) is 0 Å². The van der Waals surface area contributed by atoms with Crippen molar-refractivity contribution in [3.8, 4) is 17.2 Å². The van der Waals surface area contributed by atoms with Gasteiger partial charge in [-0.3, -0.25) is 19.7 Å². The fraction of sp³-hybridized carbons (Fsp3) is 0.389. The number of thioether (sulfide) groups is 1. The fourth-order valence-electron chi connectivity index (χ4n) is 2.26. The van der Waals surface area contributed by atoms with Crippen LogP contribution in [0.4, 0.5) is 5.13 Å². The van der Waals surface area contributed by atoms with Gasteiger partial charge in [0.2, 0.25) is 16.8 Å². The number of aromatic nitrogens is 2. The highest BCUT2D eigenvalue weighted by molar-refractivity contribution is 8.01. The van der Waals surface area contributed by atoms with Crippen LogP contribution in [0, 0.1) is 0 Å². The molecule has 11 nitrogen and oxygen atoms in total. The van der Waals surface area contributed by atoms with E-state index >= 15 is 0 Å². The molecular weight excluding hydrogens is 448 g/mol. The first-order chi connectivity index (χ1) is 14.9. The molecule has 0 aliphatic rings. The van der Waals surface area contributed by atoms with E-state index in [-0.39, 0.29) is 35.5 Å². The molecule has 0 aliphatic heterocycles. The molecule has 0 saturated heterocycles. The molecule has 0 radical (unpaired) electrons. The van der Waals surface area contributed by atoms with Gasteiger partial charge in [0.1, 0.15) is 6.54 Å². The highest BCUT2D eigenvalue weighted by atomic mass is 32.2. The average molecular weight is 471 g/mol. The van der Waals surface area contributed by atoms with Gasteiger partial charge in [-0.05, 0) is 19.1 Å². The number of methoxy groups -OCH3 is 3. The standard InChI is InChI=1S/C18H22N4O7S2/c1-5-29-14(24)8-19-13(23)9-30-18-22-21-17(31-18)20-16(25)10-6-11(26-2)15(28-4)12(7-10)27-3/h6-7H,5,8-9H2,1-4H3,(H,19,23)(H,20,21,25). The van der Waals surface area contributed by atoms with E-state index in [2.05, 4.69) is 20.8 Å². The van der Waals surface area contributed by atoms with Gasteiger partial charge in [-0.1, -0.05) is 23.1 Å². The van der Waals surface area contributed by atoms with Crippen molar-refractivity contribution in [3.05, 3.63) is 17.7 Å². The molecule has 0 fully saturated rings. The number of nitrogens with zero attached hydrogens (tertiary/aromatic N) is 2. The molecule has 1 aromatic carbocycles. The van der Waals surface area contributed by atoms with Crippen LogP contribution in [-0.4, -0.2) is 68.2 Å². The van der Waals surface area contributed by atoms with Crippen LogP contribution in [0.2, 0.25) is 0 Å². The lowest BCUT2D eigenvalue weighted by atomic mass is 10.1. The number of esters is 1. The molecule has 0 unspecified atom stereocenters. The van der Waals surface area contributed by atoms with Gasteiger partial charge in [-0.15, -0.1) is 10.2 Å². The number of benzene rings is 1. The van der Waals surface area contributed by atoms with E-state index in [0.717, 1.165) is 23.1 Å². The van der Waals surface area contributed by atoms with Crippen LogP contribution < -0.4 is 24.8 Å². The molecule has 1 heterocycles. The zero-order valence-corrected chi connectivity index (χ0v) is 19.0. The second kappa shape index (κ2) is 12.0. The molecule has 0 atom stereocenters. The fourth-order valence-corrected chi connectivity index (χ4v) is 3.84. The van der Waals surface area contributed by atoms with Gasteiger partial charge in [0, 0.05) is 5.56 Å². The molecule has 2 amide bonds. The molecule has 0 spiro atoms. The Kier molecular flexibility index (Phi) is 9.34. The average Bonchev–Trinajstić information content (AvgIpc) is 3.22. The third-order valence-electron chi connectivity index (χ3n) is 3.62. The van der Waals surface area contributed by atoms with Gasteiger partial charge < -0.3 is 24.3 Å². The predicted octanol–water partition coefficient (Wildman–Crippen LogP) is 1.59. The lowest BCUT2D eigenvalue weighted by Crippen LogP contribution is -2.31. The smallest absolute Gasteiger partial charge is 0.325 e. The molecule has 1 aromatic heterocycles. The maximum absolute atomic E-state index is 12.6. The zero-order chi connectivity index (χ0) is 22.8. The van der Waals surface area contributed by atoms with Crippen molar-refractivity contribution in [2.75, 3.05) is 45.6 Å². The third-order valence-corrected chi connectivity index (χ3v) is 5.59. The maximum Gasteiger partial charge on any atom is 0.325 e. The Balaban J connectivity index is 1.94. The van der Waals surface area contributed by atoms with Gasteiger partial charge in [0.25, 0.3) is 5.91 Å². The summed E-state index contributed by atoms with van der Waals surface area (Å²) in [4.78, 5) is 35.6. The van der Waals surface area contributed by atoms with Gasteiger partial charge in [0.05, 0.1) is 33.7 Å². The number of carbonyl (C=O) groups is 3. The van der Waals surface area contributed by atoms with Crippen LogP contribution in [0.1, 0.15) is 17.3 Å². The Bertz CT molecular complexity index is 910. The summed E-state index contributed by atoms with van der Waals surface area (Å²) in [6.45, 7) is 1.74. The van der Waals surface area contributed by atoms with Crippen LogP contribution in [0.25, 0.3) is 0 Å². The molecule has 0 bridgehead atoms. The molecule has 13 heteroatoms. The maximum atomic E-state index is 12.6. The summed E-state index contributed by atoms with van der Waals surface area (Å²) in [5.41, 5.74) is 0.275. The first-order valence-electron chi connectivity index (χ1n) is 8.91. The van der Waals surface area contributed by atoms with E-state index < -0.39 is 11.9 Å². The number of nitrogens with one attached hydrogen (secondary N) is 2. The van der Waals surface area contributed by atoms with E-state index in [9.17, 15) is 14.4 Å². The second-order valence-electron chi connectivity index (χ2n) is 5.61. The SMILES string of the molecule is CCOC(=O)CNC(=O)CSc1nnc(NC(=O)c2cc(OC)c(OC)c(OC)c2)s1. The molecule has 2 N–H and O–H groups in total. The number of hydrogen-bond acceptors (Lipinski definition) is 11. The third kappa shape index (κ3) is 7.00. The van der Waals surface area contributed by atoms with Crippen molar-refractivity contribution in [3.63, 3.8) is 0 Å². The Hall–Kier alpha value is -3.06. The van der Waals surface area contributed by atoms with E-state index in [1.165, 1.54) is 33.5 Å². The normalized spacial score (nSPS) is 10.2. The summed E-state index contributed by atoms with van der Waals surface area (Å²) < 4.78 is 20.9. The number of carbonyl (C=O) groups excluding carboxylic acids is 3. The monoisotopic (exact) mass is 470 g/mol. The number of ether oxygens (including phenoxy) is 4. The summed E-state index contributed by atoms with van der Waals surface area (Å²) in [6.07, 6.45) is 0. The van der Waals surface area contributed by atoms with Crippen molar-refractivity contribution in [2.45, 2.75) is 11.3 Å². The van der Waals surface area contributed by atoms with Crippen LogP contribution in [0.15, 0.2) is 16.5 Å². The lowest BCUT2D eigenvalue weighted by Gasteiger charge is -2.13. The Morgan fingerprint density at radius 3 is 2.32 bits per heavy atom. The lowest BCUT2D eigenvalue weighted by molar-refractivity contribution is -0.143. The van der Waals surface area contributed by atoms with Crippen molar-refractivity contribution in [1.29, 1.82) is 0 Å². The van der Waals surface area contributed by atoms with Gasteiger partial charge >= 0.3 is 5.97 Å². The quantitative estimate of drug-likeness (QED) is 0.283. The van der Waals surface area contributed by atoms with E-state index in [0.29, 0.717) is 21.6 Å². The Labute approximate surface area is 186 Å². The predicted molar refractivity (Wildman–Crippen MR) is 114 cm³/mol. The number of amides is 2. The Morgan fingerprint density at radius 1 is 1.06 bits per heavy atom. The minimum Gasteiger partial charge on any atom is -0.493 e. The molecule has 2 rings (SSSR count). The van der Waals surface area contributed by atoms with Gasteiger partial charge in [-0.25, -0.2) is 0 Å². The molecule has 2 aromatic rings.